The molecule has 1 aromatic rings. The number of aryl methyl sites for hydroxylation is 1. The Kier molecular flexibility index (Phi) is 2.41. The van der Waals surface area contributed by atoms with Gasteiger partial charge in [-0.15, -0.1) is 0 Å². The van der Waals surface area contributed by atoms with Crippen LogP contribution in [0.15, 0.2) is 10.9 Å². The van der Waals surface area contributed by atoms with E-state index in [4.69, 9.17) is 0 Å². The quantitative estimate of drug-likeness (QED) is 0.649. The van der Waals surface area contributed by atoms with Gasteiger partial charge in [-0.05, 0) is 12.8 Å². The predicted molar refractivity (Wildman–Crippen MR) is 60.1 cm³/mol. The van der Waals surface area contributed by atoms with Gasteiger partial charge in [-0.25, -0.2) is 4.98 Å². The van der Waals surface area contributed by atoms with E-state index in [0.29, 0.717) is 0 Å². The maximum atomic E-state index is 11.9. The monoisotopic (exact) mass is 206 g/mol. The van der Waals surface area contributed by atoms with Crippen LogP contribution in [0.2, 0.25) is 0 Å². The zero-order valence-electron chi connectivity index (χ0n) is 9.71. The summed E-state index contributed by atoms with van der Waals surface area (Å²) in [4.78, 5) is 16.5. The fourth-order valence-electron chi connectivity index (χ4n) is 1.92. The van der Waals surface area contributed by atoms with Crippen LogP contribution >= 0.6 is 0 Å². The summed E-state index contributed by atoms with van der Waals surface area (Å²) in [6.07, 6.45) is 3.20. The number of hydrogen-bond acceptors (Lipinski definition) is 2. The van der Waals surface area contributed by atoms with Gasteiger partial charge < -0.3 is 0 Å². The average Bonchev–Trinajstić information content (AvgIpc) is 2.16. The number of hydrogen-bond donors (Lipinski definition) is 0. The van der Waals surface area contributed by atoms with Crippen LogP contribution in [-0.2, 0) is 18.4 Å². The van der Waals surface area contributed by atoms with Crippen molar-refractivity contribution in [2.24, 2.45) is 0 Å². The molecule has 0 fully saturated rings. The summed E-state index contributed by atoms with van der Waals surface area (Å²) in [7, 11) is 0. The number of aromatic nitrogens is 2. The van der Waals surface area contributed by atoms with Crippen LogP contribution in [0, 0.1) is 0 Å². The van der Waals surface area contributed by atoms with E-state index in [1.54, 1.807) is 6.07 Å². The minimum absolute atomic E-state index is 0.0355. The Morgan fingerprint density at radius 1 is 1.33 bits per heavy atom. The summed E-state index contributed by atoms with van der Waals surface area (Å²) in [5.41, 5.74) is 0.997. The molecule has 1 aromatic heterocycles. The highest BCUT2D eigenvalue weighted by atomic mass is 16.1. The summed E-state index contributed by atoms with van der Waals surface area (Å²) in [6, 6.07) is 1.69. The molecule has 1 aliphatic heterocycles. The molecular weight excluding hydrogens is 188 g/mol. The van der Waals surface area contributed by atoms with Crippen molar-refractivity contribution in [1.29, 1.82) is 0 Å². The van der Waals surface area contributed by atoms with Gasteiger partial charge in [0, 0.05) is 24.4 Å². The van der Waals surface area contributed by atoms with Crippen LogP contribution in [0.25, 0.3) is 0 Å². The fraction of sp³-hybridized carbons (Fsp3) is 0.667. The standard InChI is InChI=1S/C12H18N2O/c1-12(2,3)9-8-11(15)14-7-5-4-6-10(14)13-9/h8H,4-7H2,1-3H3. The van der Waals surface area contributed by atoms with E-state index in [1.807, 2.05) is 4.57 Å². The highest BCUT2D eigenvalue weighted by Gasteiger charge is 2.20. The predicted octanol–water partition coefficient (Wildman–Crippen LogP) is 1.88. The van der Waals surface area contributed by atoms with E-state index >= 15 is 0 Å². The lowest BCUT2D eigenvalue weighted by Gasteiger charge is -2.22. The largest absolute Gasteiger partial charge is 0.297 e. The lowest BCUT2D eigenvalue weighted by Crippen LogP contribution is -2.31. The lowest BCUT2D eigenvalue weighted by atomic mass is 9.92. The van der Waals surface area contributed by atoms with E-state index < -0.39 is 0 Å². The third kappa shape index (κ3) is 1.96. The van der Waals surface area contributed by atoms with Gasteiger partial charge in [-0.1, -0.05) is 20.8 Å². The van der Waals surface area contributed by atoms with Crippen LogP contribution in [0.5, 0.6) is 0 Å². The maximum absolute atomic E-state index is 11.9. The third-order valence-electron chi connectivity index (χ3n) is 2.89. The highest BCUT2D eigenvalue weighted by molar-refractivity contribution is 5.14. The van der Waals surface area contributed by atoms with Crippen LogP contribution in [0.3, 0.4) is 0 Å². The Morgan fingerprint density at radius 2 is 2.07 bits per heavy atom. The molecule has 0 unspecified atom stereocenters. The number of rotatable bonds is 0. The second kappa shape index (κ2) is 3.47. The molecule has 0 bridgehead atoms. The Hall–Kier alpha value is -1.12. The molecule has 15 heavy (non-hydrogen) atoms. The maximum Gasteiger partial charge on any atom is 0.253 e. The topological polar surface area (TPSA) is 34.9 Å². The van der Waals surface area contributed by atoms with Gasteiger partial charge in [0.2, 0.25) is 0 Å². The zero-order valence-corrected chi connectivity index (χ0v) is 9.71. The molecule has 0 spiro atoms. The first kappa shape index (κ1) is 10.4. The van der Waals surface area contributed by atoms with Crippen molar-refractivity contribution in [1.82, 2.24) is 9.55 Å². The molecule has 2 heterocycles. The zero-order chi connectivity index (χ0) is 11.1. The molecular formula is C12H18N2O. The second-order valence-electron chi connectivity index (χ2n) is 5.25. The summed E-state index contributed by atoms with van der Waals surface area (Å²) in [6.45, 7) is 7.11. The van der Waals surface area contributed by atoms with Crippen LogP contribution in [-0.4, -0.2) is 9.55 Å². The van der Waals surface area contributed by atoms with E-state index in [-0.39, 0.29) is 11.0 Å². The molecule has 3 heteroatoms. The SMILES string of the molecule is CC(C)(C)c1cc(=O)n2c(n1)CCCC2. The van der Waals surface area contributed by atoms with E-state index in [1.165, 1.54) is 0 Å². The molecule has 0 saturated carbocycles. The molecule has 1 aliphatic rings. The van der Waals surface area contributed by atoms with Gasteiger partial charge >= 0.3 is 0 Å². The van der Waals surface area contributed by atoms with E-state index in [2.05, 4.69) is 25.8 Å². The van der Waals surface area contributed by atoms with Gasteiger partial charge in [0.1, 0.15) is 5.82 Å². The molecule has 0 atom stereocenters. The summed E-state index contributed by atoms with van der Waals surface area (Å²) < 4.78 is 1.82. The average molecular weight is 206 g/mol. The van der Waals surface area contributed by atoms with Crippen LogP contribution in [0.1, 0.15) is 45.1 Å². The van der Waals surface area contributed by atoms with Gasteiger partial charge in [0.05, 0.1) is 5.69 Å². The molecule has 0 aliphatic carbocycles. The smallest absolute Gasteiger partial charge is 0.253 e. The number of fused-ring (bicyclic) bond motifs is 1. The molecule has 0 N–H and O–H groups in total. The van der Waals surface area contributed by atoms with Gasteiger partial charge in [-0.3, -0.25) is 9.36 Å². The Labute approximate surface area is 90.2 Å². The van der Waals surface area contributed by atoms with Gasteiger partial charge in [-0.2, -0.15) is 0 Å². The fourth-order valence-corrected chi connectivity index (χ4v) is 1.92. The minimum Gasteiger partial charge on any atom is -0.297 e. The van der Waals surface area contributed by atoms with Gasteiger partial charge in [0.25, 0.3) is 5.56 Å². The Bertz CT molecular complexity index is 426. The van der Waals surface area contributed by atoms with Crippen molar-refractivity contribution in [2.75, 3.05) is 0 Å². The summed E-state index contributed by atoms with van der Waals surface area (Å²) >= 11 is 0. The van der Waals surface area contributed by atoms with Crippen LogP contribution in [0.4, 0.5) is 0 Å². The molecule has 0 aromatic carbocycles. The Balaban J connectivity index is 2.55. The van der Waals surface area contributed by atoms with Crippen molar-refractivity contribution in [3.63, 3.8) is 0 Å². The second-order valence-corrected chi connectivity index (χ2v) is 5.25. The number of nitrogens with zero attached hydrogens (tertiary/aromatic N) is 2. The molecule has 0 amide bonds. The van der Waals surface area contributed by atoms with Crippen molar-refractivity contribution in [3.05, 3.63) is 27.9 Å². The molecule has 0 saturated heterocycles. The van der Waals surface area contributed by atoms with Crippen molar-refractivity contribution < 1.29 is 0 Å². The van der Waals surface area contributed by atoms with Crippen molar-refractivity contribution in [2.45, 2.75) is 52.0 Å². The van der Waals surface area contributed by atoms with Gasteiger partial charge in [0.15, 0.2) is 0 Å². The van der Waals surface area contributed by atoms with Crippen LogP contribution < -0.4 is 5.56 Å². The van der Waals surface area contributed by atoms with E-state index in [9.17, 15) is 4.79 Å². The normalized spacial score (nSPS) is 16.2. The molecule has 2 rings (SSSR count). The van der Waals surface area contributed by atoms with E-state index in [0.717, 1.165) is 37.3 Å². The summed E-state index contributed by atoms with van der Waals surface area (Å²) in [5, 5.41) is 0. The molecule has 0 radical (unpaired) electrons. The van der Waals surface area contributed by atoms with Crippen molar-refractivity contribution >= 4 is 0 Å². The summed E-state index contributed by atoms with van der Waals surface area (Å²) in [5.74, 6) is 0.971. The molecule has 3 nitrogen and oxygen atoms in total. The first-order valence-electron chi connectivity index (χ1n) is 5.60. The molecule has 82 valence electrons. The Morgan fingerprint density at radius 3 is 2.73 bits per heavy atom. The minimum atomic E-state index is -0.0355. The highest BCUT2D eigenvalue weighted by Crippen LogP contribution is 2.20. The third-order valence-corrected chi connectivity index (χ3v) is 2.89. The first-order valence-corrected chi connectivity index (χ1v) is 5.60. The first-order chi connectivity index (χ1) is 6.98. The van der Waals surface area contributed by atoms with Crippen molar-refractivity contribution in [3.8, 4) is 0 Å². The lowest BCUT2D eigenvalue weighted by molar-refractivity contribution is 0.476.